The molecule has 2 heteroatoms. The number of nitrogens with one attached hydrogen (secondary N) is 1. The number of benzene rings is 1. The minimum absolute atomic E-state index is 0.141. The minimum atomic E-state index is -0.141. The Balaban J connectivity index is 2.61. The molecule has 0 aliphatic rings. The molecule has 0 radical (unpaired) electrons. The van der Waals surface area contributed by atoms with Crippen LogP contribution >= 0.6 is 0 Å². The molecule has 0 aromatic heterocycles. The Morgan fingerprint density at radius 3 is 2.67 bits per heavy atom. The highest BCUT2D eigenvalue weighted by Gasteiger charge is 2.13. The molecular weight excluding hydrogens is 189 g/mol. The third-order valence-corrected chi connectivity index (χ3v) is 2.94. The first kappa shape index (κ1) is 12.2. The van der Waals surface area contributed by atoms with Gasteiger partial charge in [-0.1, -0.05) is 26.0 Å². The van der Waals surface area contributed by atoms with Crippen molar-refractivity contribution < 1.29 is 4.39 Å². The highest BCUT2D eigenvalue weighted by atomic mass is 19.1. The third kappa shape index (κ3) is 3.63. The van der Waals surface area contributed by atoms with E-state index in [-0.39, 0.29) is 5.82 Å². The fourth-order valence-electron chi connectivity index (χ4n) is 2.07. The van der Waals surface area contributed by atoms with E-state index in [4.69, 9.17) is 0 Å². The number of hydrogen-bond acceptors (Lipinski definition) is 1. The van der Waals surface area contributed by atoms with Crippen molar-refractivity contribution in [1.29, 1.82) is 0 Å². The molecule has 1 aromatic carbocycles. The van der Waals surface area contributed by atoms with Gasteiger partial charge in [0.25, 0.3) is 0 Å². The van der Waals surface area contributed by atoms with Gasteiger partial charge in [0, 0.05) is 6.04 Å². The second kappa shape index (κ2) is 5.86. The van der Waals surface area contributed by atoms with E-state index in [9.17, 15) is 4.39 Å². The second-order valence-corrected chi connectivity index (χ2v) is 4.11. The highest BCUT2D eigenvalue weighted by Crippen LogP contribution is 2.14. The van der Waals surface area contributed by atoms with Gasteiger partial charge in [-0.15, -0.1) is 0 Å². The lowest BCUT2D eigenvalue weighted by Crippen LogP contribution is -2.32. The van der Waals surface area contributed by atoms with E-state index in [2.05, 4.69) is 19.2 Å². The molecule has 2 unspecified atom stereocenters. The Hall–Kier alpha value is -0.890. The summed E-state index contributed by atoms with van der Waals surface area (Å²) in [6.07, 6.45) is 2.03. The SMILES string of the molecule is CCC(NC)C(C)Cc1cccc(F)c1. The van der Waals surface area contributed by atoms with Gasteiger partial charge < -0.3 is 5.32 Å². The third-order valence-electron chi connectivity index (χ3n) is 2.94. The topological polar surface area (TPSA) is 12.0 Å². The van der Waals surface area contributed by atoms with Crippen LogP contribution in [-0.2, 0) is 6.42 Å². The van der Waals surface area contributed by atoms with Gasteiger partial charge in [0.2, 0.25) is 0 Å². The summed E-state index contributed by atoms with van der Waals surface area (Å²) in [6.45, 7) is 4.37. The standard InChI is InChI=1S/C13H20FN/c1-4-13(15-3)10(2)8-11-6-5-7-12(14)9-11/h5-7,9-10,13,15H,4,8H2,1-3H3. The second-order valence-electron chi connectivity index (χ2n) is 4.11. The highest BCUT2D eigenvalue weighted by molar-refractivity contribution is 5.17. The molecule has 1 rings (SSSR count). The zero-order valence-corrected chi connectivity index (χ0v) is 9.76. The summed E-state index contributed by atoms with van der Waals surface area (Å²) in [7, 11) is 1.98. The van der Waals surface area contributed by atoms with Gasteiger partial charge in [0.15, 0.2) is 0 Å². The number of hydrogen-bond donors (Lipinski definition) is 1. The molecule has 0 saturated heterocycles. The Kier molecular flexibility index (Phi) is 4.76. The zero-order valence-electron chi connectivity index (χ0n) is 9.76. The van der Waals surface area contributed by atoms with Crippen LogP contribution in [-0.4, -0.2) is 13.1 Å². The molecule has 15 heavy (non-hydrogen) atoms. The lowest BCUT2D eigenvalue weighted by atomic mass is 9.92. The van der Waals surface area contributed by atoms with Crippen molar-refractivity contribution in [3.05, 3.63) is 35.6 Å². The molecule has 0 bridgehead atoms. The van der Waals surface area contributed by atoms with E-state index < -0.39 is 0 Å². The summed E-state index contributed by atoms with van der Waals surface area (Å²) in [5.41, 5.74) is 1.08. The van der Waals surface area contributed by atoms with E-state index in [1.807, 2.05) is 13.1 Å². The molecule has 2 atom stereocenters. The van der Waals surface area contributed by atoms with Crippen LogP contribution in [0.4, 0.5) is 4.39 Å². The first-order valence-corrected chi connectivity index (χ1v) is 5.59. The zero-order chi connectivity index (χ0) is 11.3. The molecule has 1 N–H and O–H groups in total. The monoisotopic (exact) mass is 209 g/mol. The van der Waals surface area contributed by atoms with E-state index in [1.165, 1.54) is 6.07 Å². The van der Waals surface area contributed by atoms with Gasteiger partial charge in [-0.25, -0.2) is 4.39 Å². The van der Waals surface area contributed by atoms with Crippen LogP contribution in [0.25, 0.3) is 0 Å². The van der Waals surface area contributed by atoms with Crippen molar-refractivity contribution in [3.8, 4) is 0 Å². The fraction of sp³-hybridized carbons (Fsp3) is 0.538. The van der Waals surface area contributed by atoms with Crippen molar-refractivity contribution in [3.63, 3.8) is 0 Å². The van der Waals surface area contributed by atoms with Crippen molar-refractivity contribution in [2.24, 2.45) is 5.92 Å². The van der Waals surface area contributed by atoms with Crippen LogP contribution in [0.15, 0.2) is 24.3 Å². The molecule has 0 aliphatic heterocycles. The summed E-state index contributed by atoms with van der Waals surface area (Å²) >= 11 is 0. The normalized spacial score (nSPS) is 14.9. The molecule has 0 heterocycles. The molecular formula is C13H20FN. The Bertz CT molecular complexity index is 294. The van der Waals surface area contributed by atoms with Gasteiger partial charge in [-0.3, -0.25) is 0 Å². The van der Waals surface area contributed by atoms with Gasteiger partial charge >= 0.3 is 0 Å². The molecule has 1 aromatic rings. The Labute approximate surface area is 91.7 Å². The Morgan fingerprint density at radius 2 is 2.13 bits per heavy atom. The first-order chi connectivity index (χ1) is 7.17. The molecule has 0 fully saturated rings. The van der Waals surface area contributed by atoms with Crippen LogP contribution in [0.5, 0.6) is 0 Å². The molecule has 0 aliphatic carbocycles. The van der Waals surface area contributed by atoms with Crippen LogP contribution in [0.3, 0.4) is 0 Å². The van der Waals surface area contributed by atoms with Gasteiger partial charge in [-0.05, 0) is 43.5 Å². The average molecular weight is 209 g/mol. The predicted molar refractivity (Wildman–Crippen MR) is 62.4 cm³/mol. The van der Waals surface area contributed by atoms with E-state index in [1.54, 1.807) is 12.1 Å². The molecule has 1 nitrogen and oxygen atoms in total. The van der Waals surface area contributed by atoms with Crippen LogP contribution in [0, 0.1) is 11.7 Å². The largest absolute Gasteiger partial charge is 0.317 e. The van der Waals surface area contributed by atoms with Gasteiger partial charge in [-0.2, -0.15) is 0 Å². The number of rotatable bonds is 5. The van der Waals surface area contributed by atoms with E-state index >= 15 is 0 Å². The first-order valence-electron chi connectivity index (χ1n) is 5.59. The maximum atomic E-state index is 13.0. The minimum Gasteiger partial charge on any atom is -0.317 e. The van der Waals surface area contributed by atoms with Crippen molar-refractivity contribution in [2.75, 3.05) is 7.05 Å². The maximum Gasteiger partial charge on any atom is 0.123 e. The Morgan fingerprint density at radius 1 is 1.40 bits per heavy atom. The van der Waals surface area contributed by atoms with Gasteiger partial charge in [0.1, 0.15) is 5.82 Å². The van der Waals surface area contributed by atoms with Gasteiger partial charge in [0.05, 0.1) is 0 Å². The smallest absolute Gasteiger partial charge is 0.123 e. The lowest BCUT2D eigenvalue weighted by Gasteiger charge is -2.22. The summed E-state index contributed by atoms with van der Waals surface area (Å²) in [6, 6.07) is 7.38. The van der Waals surface area contributed by atoms with E-state index in [0.717, 1.165) is 18.4 Å². The van der Waals surface area contributed by atoms with Crippen molar-refractivity contribution in [1.82, 2.24) is 5.32 Å². The summed E-state index contributed by atoms with van der Waals surface area (Å²) in [5.74, 6) is 0.388. The quantitative estimate of drug-likeness (QED) is 0.786. The predicted octanol–water partition coefficient (Wildman–Crippen LogP) is 3.00. The maximum absolute atomic E-state index is 13.0. The summed E-state index contributed by atoms with van der Waals surface area (Å²) in [4.78, 5) is 0. The number of halogens is 1. The van der Waals surface area contributed by atoms with Crippen LogP contribution in [0.2, 0.25) is 0 Å². The average Bonchev–Trinajstić information content (AvgIpc) is 2.19. The van der Waals surface area contributed by atoms with Crippen LogP contribution in [0.1, 0.15) is 25.8 Å². The summed E-state index contributed by atoms with van der Waals surface area (Å²) in [5, 5.41) is 3.29. The van der Waals surface area contributed by atoms with Crippen molar-refractivity contribution >= 4 is 0 Å². The summed E-state index contributed by atoms with van der Waals surface area (Å²) < 4.78 is 13.0. The fourth-order valence-corrected chi connectivity index (χ4v) is 2.07. The lowest BCUT2D eigenvalue weighted by molar-refractivity contribution is 0.386. The van der Waals surface area contributed by atoms with Crippen LogP contribution < -0.4 is 5.32 Å². The van der Waals surface area contributed by atoms with E-state index in [0.29, 0.717) is 12.0 Å². The molecule has 0 spiro atoms. The molecule has 0 saturated carbocycles. The molecule has 84 valence electrons. The molecule has 0 amide bonds. The van der Waals surface area contributed by atoms with Crippen molar-refractivity contribution in [2.45, 2.75) is 32.7 Å².